The van der Waals surface area contributed by atoms with E-state index in [-0.39, 0.29) is 11.9 Å². The van der Waals surface area contributed by atoms with Gasteiger partial charge >= 0.3 is 0 Å². The Morgan fingerprint density at radius 2 is 1.93 bits per heavy atom. The molecule has 0 unspecified atom stereocenters. The van der Waals surface area contributed by atoms with Crippen LogP contribution in [0.3, 0.4) is 0 Å². The smallest absolute Gasteiger partial charge is 0.272 e. The second-order valence-electron chi connectivity index (χ2n) is 7.45. The molecule has 3 aromatic heterocycles. The van der Waals surface area contributed by atoms with Gasteiger partial charge in [0.05, 0.1) is 17.9 Å². The van der Waals surface area contributed by atoms with Crippen molar-refractivity contribution < 1.29 is 4.79 Å². The van der Waals surface area contributed by atoms with Crippen LogP contribution in [-0.4, -0.2) is 30.3 Å². The van der Waals surface area contributed by atoms with Crippen LogP contribution in [0.2, 0.25) is 0 Å². The van der Waals surface area contributed by atoms with Crippen LogP contribution in [0.4, 0.5) is 0 Å². The Balaban J connectivity index is 1.65. The Bertz CT molecular complexity index is 1220. The fourth-order valence-electron chi connectivity index (χ4n) is 3.62. The number of carbonyl (C=O) groups is 1. The van der Waals surface area contributed by atoms with Crippen LogP contribution in [-0.2, 0) is 7.05 Å². The van der Waals surface area contributed by atoms with E-state index < -0.39 is 0 Å². The van der Waals surface area contributed by atoms with E-state index in [1.807, 2.05) is 31.6 Å². The maximum absolute atomic E-state index is 12.9. The van der Waals surface area contributed by atoms with Gasteiger partial charge in [-0.05, 0) is 44.9 Å². The lowest BCUT2D eigenvalue weighted by atomic mass is 10.0. The Labute approximate surface area is 169 Å². The highest BCUT2D eigenvalue weighted by molar-refractivity contribution is 5.93. The van der Waals surface area contributed by atoms with Crippen molar-refractivity contribution in [2.45, 2.75) is 33.7 Å². The average molecular weight is 388 g/mol. The number of aromatic nitrogens is 5. The van der Waals surface area contributed by atoms with Gasteiger partial charge in [0, 0.05) is 30.6 Å². The highest BCUT2D eigenvalue weighted by atomic mass is 16.2. The van der Waals surface area contributed by atoms with Crippen LogP contribution in [0.25, 0.3) is 16.9 Å². The van der Waals surface area contributed by atoms with E-state index >= 15 is 0 Å². The summed E-state index contributed by atoms with van der Waals surface area (Å²) in [6.45, 7) is 8.10. The van der Waals surface area contributed by atoms with Crippen molar-refractivity contribution >= 4 is 11.6 Å². The molecule has 0 saturated heterocycles. The zero-order valence-electron chi connectivity index (χ0n) is 17.3. The van der Waals surface area contributed by atoms with Crippen molar-refractivity contribution in [3.8, 4) is 11.3 Å². The molecule has 0 spiro atoms. The zero-order valence-corrected chi connectivity index (χ0v) is 17.3. The largest absolute Gasteiger partial charge is 0.344 e. The van der Waals surface area contributed by atoms with Gasteiger partial charge in [-0.1, -0.05) is 23.8 Å². The first-order chi connectivity index (χ1) is 13.8. The molecular weight excluding hydrogens is 364 g/mol. The molecule has 0 bridgehead atoms. The molecule has 4 aromatic rings. The lowest BCUT2D eigenvalue weighted by Crippen LogP contribution is -2.27. The monoisotopic (exact) mass is 388 g/mol. The van der Waals surface area contributed by atoms with Gasteiger partial charge in [-0.15, -0.1) is 0 Å². The van der Waals surface area contributed by atoms with Gasteiger partial charge in [0.15, 0.2) is 11.3 Å². The lowest BCUT2D eigenvalue weighted by molar-refractivity contribution is 0.0934. The molecule has 0 saturated carbocycles. The molecule has 1 atom stereocenters. The molecule has 148 valence electrons. The third-order valence-electron chi connectivity index (χ3n) is 5.34. The zero-order chi connectivity index (χ0) is 20.7. The minimum absolute atomic E-state index is 0.124. The first-order valence-electron chi connectivity index (χ1n) is 9.57. The summed E-state index contributed by atoms with van der Waals surface area (Å²) in [6, 6.07) is 9.70. The summed E-state index contributed by atoms with van der Waals surface area (Å²) in [7, 11) is 1.90. The van der Waals surface area contributed by atoms with E-state index in [9.17, 15) is 4.79 Å². The molecule has 4 rings (SSSR count). The van der Waals surface area contributed by atoms with E-state index in [1.54, 1.807) is 23.0 Å². The summed E-state index contributed by atoms with van der Waals surface area (Å²) in [5.74, 6) is -0.225. The topological polar surface area (TPSA) is 77.1 Å². The summed E-state index contributed by atoms with van der Waals surface area (Å²) in [5.41, 5.74) is 7.23. The fraction of sp³-hybridized carbons (Fsp3) is 0.273. The minimum atomic E-state index is -0.225. The third-order valence-corrected chi connectivity index (χ3v) is 5.34. The second kappa shape index (κ2) is 7.16. The summed E-state index contributed by atoms with van der Waals surface area (Å²) >= 11 is 0. The van der Waals surface area contributed by atoms with Crippen LogP contribution in [0, 0.1) is 20.8 Å². The number of rotatable bonds is 4. The van der Waals surface area contributed by atoms with Gasteiger partial charge in [-0.25, -0.2) is 9.50 Å². The van der Waals surface area contributed by atoms with Crippen molar-refractivity contribution in [1.82, 2.24) is 29.7 Å². The van der Waals surface area contributed by atoms with Crippen LogP contribution in [0.15, 0.2) is 42.7 Å². The number of fused-ring (bicyclic) bond motifs is 1. The molecule has 0 aliphatic rings. The Morgan fingerprint density at radius 3 is 2.62 bits per heavy atom. The van der Waals surface area contributed by atoms with E-state index in [1.165, 1.54) is 5.56 Å². The van der Waals surface area contributed by atoms with E-state index in [0.717, 1.165) is 28.1 Å². The average Bonchev–Trinajstić information content (AvgIpc) is 3.25. The van der Waals surface area contributed by atoms with Gasteiger partial charge in [0.2, 0.25) is 0 Å². The quantitative estimate of drug-likeness (QED) is 0.580. The molecule has 0 aliphatic carbocycles. The maximum Gasteiger partial charge on any atom is 0.272 e. The van der Waals surface area contributed by atoms with Crippen molar-refractivity contribution in [3.05, 3.63) is 70.8 Å². The van der Waals surface area contributed by atoms with Crippen LogP contribution < -0.4 is 5.32 Å². The van der Waals surface area contributed by atoms with Crippen molar-refractivity contribution in [2.24, 2.45) is 7.05 Å². The normalized spacial score (nSPS) is 12.3. The molecular formula is C22H24N6O. The third kappa shape index (κ3) is 3.40. The van der Waals surface area contributed by atoms with Crippen LogP contribution in [0.5, 0.6) is 0 Å². The number of hydrogen-bond acceptors (Lipinski definition) is 4. The highest BCUT2D eigenvalue weighted by Gasteiger charge is 2.18. The lowest BCUT2D eigenvalue weighted by Gasteiger charge is -2.16. The molecule has 29 heavy (non-hydrogen) atoms. The number of nitrogens with zero attached hydrogens (tertiary/aromatic N) is 5. The summed E-state index contributed by atoms with van der Waals surface area (Å²) < 4.78 is 3.50. The maximum atomic E-state index is 12.9. The molecule has 7 heteroatoms. The van der Waals surface area contributed by atoms with Gasteiger partial charge < -0.3 is 5.32 Å². The standard InChI is InChI=1S/C22H24N6O/c1-13-6-7-17(14(2)10-13)15(3)25-22(29)19-11-21-23-9-8-20(28(21)26-19)18-12-24-27(5)16(18)4/h6-12,15H,1-5H3,(H,25,29)/t15-/m1/s1. The number of aryl methyl sites for hydroxylation is 3. The van der Waals surface area contributed by atoms with Crippen molar-refractivity contribution in [1.29, 1.82) is 0 Å². The molecule has 1 aromatic carbocycles. The Kier molecular flexibility index (Phi) is 4.66. The molecule has 0 radical (unpaired) electrons. The van der Waals surface area contributed by atoms with E-state index in [4.69, 9.17) is 0 Å². The van der Waals surface area contributed by atoms with Crippen LogP contribution >= 0.6 is 0 Å². The van der Waals surface area contributed by atoms with Gasteiger partial charge in [0.25, 0.3) is 5.91 Å². The molecule has 1 amide bonds. The van der Waals surface area contributed by atoms with Gasteiger partial charge in [-0.3, -0.25) is 9.48 Å². The molecule has 3 heterocycles. The van der Waals surface area contributed by atoms with Crippen LogP contribution in [0.1, 0.15) is 45.8 Å². The summed E-state index contributed by atoms with van der Waals surface area (Å²) in [4.78, 5) is 17.2. The van der Waals surface area contributed by atoms with Gasteiger partial charge in [0.1, 0.15) is 0 Å². The first-order valence-corrected chi connectivity index (χ1v) is 9.57. The minimum Gasteiger partial charge on any atom is -0.344 e. The number of amides is 1. The SMILES string of the molecule is Cc1ccc([C@@H](C)NC(=O)c2cc3nccc(-c4cnn(C)c4C)n3n2)c(C)c1. The number of carbonyl (C=O) groups excluding carboxylic acids is 1. The number of hydrogen-bond donors (Lipinski definition) is 1. The molecule has 0 aliphatic heterocycles. The summed E-state index contributed by atoms with van der Waals surface area (Å²) in [6.07, 6.45) is 3.52. The highest BCUT2D eigenvalue weighted by Crippen LogP contribution is 2.23. The van der Waals surface area contributed by atoms with Gasteiger partial charge in [-0.2, -0.15) is 10.2 Å². The molecule has 0 fully saturated rings. The molecule has 7 nitrogen and oxygen atoms in total. The predicted octanol–water partition coefficient (Wildman–Crippen LogP) is 3.55. The first kappa shape index (κ1) is 18.9. The number of benzene rings is 1. The predicted molar refractivity (Wildman–Crippen MR) is 112 cm³/mol. The van der Waals surface area contributed by atoms with Crippen molar-refractivity contribution in [3.63, 3.8) is 0 Å². The van der Waals surface area contributed by atoms with E-state index in [2.05, 4.69) is 52.5 Å². The number of nitrogens with one attached hydrogen (secondary N) is 1. The second-order valence-corrected chi connectivity index (χ2v) is 7.45. The molecule has 1 N–H and O–H groups in total. The summed E-state index contributed by atoms with van der Waals surface area (Å²) in [5, 5.41) is 11.9. The Hall–Kier alpha value is -3.48. The Morgan fingerprint density at radius 1 is 1.14 bits per heavy atom. The van der Waals surface area contributed by atoms with Crippen molar-refractivity contribution in [2.75, 3.05) is 0 Å². The fourth-order valence-corrected chi connectivity index (χ4v) is 3.62. The van der Waals surface area contributed by atoms with E-state index in [0.29, 0.717) is 11.3 Å².